The fourth-order valence-corrected chi connectivity index (χ4v) is 3.97. The van der Waals surface area contributed by atoms with Crippen molar-refractivity contribution in [2.45, 2.75) is 32.1 Å². The van der Waals surface area contributed by atoms with Crippen molar-refractivity contribution >= 4 is 17.8 Å². The summed E-state index contributed by atoms with van der Waals surface area (Å²) in [6, 6.07) is 15.2. The number of carbonyl (C=O) groups excluding carboxylic acids is 3. The maximum Gasteiger partial charge on any atom is 0.359 e. The highest BCUT2D eigenvalue weighted by Crippen LogP contribution is 2.31. The van der Waals surface area contributed by atoms with Crippen LogP contribution in [0.5, 0.6) is 0 Å². The van der Waals surface area contributed by atoms with Crippen LogP contribution in [0.3, 0.4) is 0 Å². The van der Waals surface area contributed by atoms with Gasteiger partial charge in [-0.05, 0) is 30.2 Å². The maximum absolute atomic E-state index is 13.8. The van der Waals surface area contributed by atoms with Crippen LogP contribution in [0.4, 0.5) is 4.39 Å². The molecule has 0 saturated heterocycles. The Balaban J connectivity index is 1.70. The minimum Gasteiger partial charge on any atom is -0.464 e. The molecule has 0 fully saturated rings. The minimum absolute atomic E-state index is 0.0301. The molecule has 2 heterocycles. The lowest BCUT2D eigenvalue weighted by Gasteiger charge is -2.43. The zero-order valence-corrected chi connectivity index (χ0v) is 18.2. The second kappa shape index (κ2) is 8.85. The molecule has 9 heteroatoms. The molecular weight excluding hydrogens is 427 g/mol. The molecule has 0 spiro atoms. The summed E-state index contributed by atoms with van der Waals surface area (Å²) in [6.45, 7) is 1.96. The number of carbonyl (C=O) groups is 3. The number of esters is 1. The zero-order valence-electron chi connectivity index (χ0n) is 18.2. The van der Waals surface area contributed by atoms with E-state index in [0.717, 1.165) is 5.56 Å². The van der Waals surface area contributed by atoms with E-state index < -0.39 is 23.2 Å². The summed E-state index contributed by atoms with van der Waals surface area (Å²) in [4.78, 5) is 44.5. The molecule has 33 heavy (non-hydrogen) atoms. The van der Waals surface area contributed by atoms with Crippen LogP contribution in [0.1, 0.15) is 39.0 Å². The van der Waals surface area contributed by atoms with E-state index in [1.54, 1.807) is 13.0 Å². The number of nitrogens with one attached hydrogen (secondary N) is 1. The molecule has 1 unspecified atom stereocenters. The Morgan fingerprint density at radius 3 is 2.58 bits per heavy atom. The predicted molar refractivity (Wildman–Crippen MR) is 117 cm³/mol. The molecule has 0 bridgehead atoms. The number of methoxy groups -OCH3 is 1. The Morgan fingerprint density at radius 1 is 1.15 bits per heavy atom. The van der Waals surface area contributed by atoms with Gasteiger partial charge in [-0.25, -0.2) is 14.2 Å². The second-order valence-corrected chi connectivity index (χ2v) is 8.02. The van der Waals surface area contributed by atoms with Gasteiger partial charge in [0.05, 0.1) is 20.0 Å². The van der Waals surface area contributed by atoms with Crippen LogP contribution in [0.2, 0.25) is 0 Å². The van der Waals surface area contributed by atoms with Crippen LogP contribution < -0.4 is 5.32 Å². The Labute approximate surface area is 190 Å². The van der Waals surface area contributed by atoms with E-state index >= 15 is 0 Å². The number of rotatable bonds is 6. The summed E-state index contributed by atoms with van der Waals surface area (Å²) < 4.78 is 20.1. The number of halogens is 1. The molecule has 0 aliphatic carbocycles. The Morgan fingerprint density at radius 2 is 1.88 bits per heavy atom. The number of benzene rings is 2. The van der Waals surface area contributed by atoms with E-state index in [1.807, 2.05) is 30.3 Å². The van der Waals surface area contributed by atoms with Gasteiger partial charge >= 0.3 is 5.97 Å². The topological polar surface area (TPSA) is 93.5 Å². The van der Waals surface area contributed by atoms with E-state index in [-0.39, 0.29) is 36.9 Å². The first-order valence-electron chi connectivity index (χ1n) is 10.4. The van der Waals surface area contributed by atoms with E-state index in [1.165, 1.54) is 41.1 Å². The van der Waals surface area contributed by atoms with Gasteiger partial charge in [0.2, 0.25) is 5.91 Å². The number of hydrogen-bond acceptors (Lipinski definition) is 5. The number of imidazole rings is 1. The Bertz CT molecular complexity index is 1210. The summed E-state index contributed by atoms with van der Waals surface area (Å²) in [6.07, 6.45) is 1.35. The van der Waals surface area contributed by atoms with Gasteiger partial charge in [0, 0.05) is 13.1 Å². The Hall–Kier alpha value is -4.01. The standard InChI is InChI=1S/C24H23FN4O4/c1-24(23(32)26-12-16-7-4-3-5-8-16)14-28-15-27-19(22(31)33-2)20(28)21(30)29(24)13-17-9-6-10-18(25)11-17/h3-11,15H,12-14H2,1-2H3,(H,26,32). The number of amides is 2. The van der Waals surface area contributed by atoms with Gasteiger partial charge in [-0.2, -0.15) is 0 Å². The summed E-state index contributed by atoms with van der Waals surface area (Å²) in [7, 11) is 1.20. The summed E-state index contributed by atoms with van der Waals surface area (Å²) in [5.74, 6) is -2.15. The van der Waals surface area contributed by atoms with E-state index in [4.69, 9.17) is 4.74 Å². The number of nitrogens with zero attached hydrogens (tertiary/aromatic N) is 3. The van der Waals surface area contributed by atoms with Crippen LogP contribution in [-0.2, 0) is 29.2 Å². The van der Waals surface area contributed by atoms with Crippen LogP contribution in [-0.4, -0.2) is 44.9 Å². The lowest BCUT2D eigenvalue weighted by Crippen LogP contribution is -2.63. The molecular formula is C24H23FN4O4. The first kappa shape index (κ1) is 22.2. The molecule has 1 aromatic heterocycles. The number of ether oxygens (including phenoxy) is 1. The number of aromatic nitrogens is 2. The summed E-state index contributed by atoms with van der Waals surface area (Å²) >= 11 is 0. The summed E-state index contributed by atoms with van der Waals surface area (Å²) in [5.41, 5.74) is 0.00636. The highest BCUT2D eigenvalue weighted by molar-refractivity contribution is 6.06. The van der Waals surface area contributed by atoms with E-state index in [2.05, 4.69) is 10.3 Å². The van der Waals surface area contributed by atoms with Gasteiger partial charge in [0.15, 0.2) is 5.69 Å². The van der Waals surface area contributed by atoms with Crippen molar-refractivity contribution in [1.82, 2.24) is 19.8 Å². The minimum atomic E-state index is -1.32. The van der Waals surface area contributed by atoms with Crippen LogP contribution in [0.25, 0.3) is 0 Å². The third-order valence-electron chi connectivity index (χ3n) is 5.75. The van der Waals surface area contributed by atoms with Gasteiger partial charge in [0.25, 0.3) is 5.91 Å². The van der Waals surface area contributed by atoms with Crippen molar-refractivity contribution in [3.63, 3.8) is 0 Å². The first-order chi connectivity index (χ1) is 15.8. The fourth-order valence-electron chi connectivity index (χ4n) is 3.97. The molecule has 1 atom stereocenters. The highest BCUT2D eigenvalue weighted by atomic mass is 19.1. The zero-order chi connectivity index (χ0) is 23.6. The van der Waals surface area contributed by atoms with Gasteiger partial charge in [-0.3, -0.25) is 9.59 Å². The maximum atomic E-state index is 13.8. The highest BCUT2D eigenvalue weighted by Gasteiger charge is 2.48. The lowest BCUT2D eigenvalue weighted by molar-refractivity contribution is -0.133. The number of hydrogen-bond donors (Lipinski definition) is 1. The SMILES string of the molecule is COC(=O)c1ncn2c1C(=O)N(Cc1cccc(F)c1)C(C)(C(=O)NCc1ccccc1)C2. The van der Waals surface area contributed by atoms with Crippen LogP contribution in [0, 0.1) is 5.82 Å². The van der Waals surface area contributed by atoms with Gasteiger partial charge in [-0.15, -0.1) is 0 Å². The first-order valence-corrected chi connectivity index (χ1v) is 10.4. The van der Waals surface area contributed by atoms with Crippen molar-refractivity contribution in [2.24, 2.45) is 0 Å². The average Bonchev–Trinajstić information content (AvgIpc) is 3.24. The molecule has 1 N–H and O–H groups in total. The van der Waals surface area contributed by atoms with Gasteiger partial charge in [0.1, 0.15) is 17.1 Å². The predicted octanol–water partition coefficient (Wildman–Crippen LogP) is 2.54. The number of fused-ring (bicyclic) bond motifs is 1. The largest absolute Gasteiger partial charge is 0.464 e. The molecule has 1 aliphatic heterocycles. The van der Waals surface area contributed by atoms with Crippen molar-refractivity contribution in [3.8, 4) is 0 Å². The molecule has 3 aromatic rings. The average molecular weight is 450 g/mol. The molecule has 0 saturated carbocycles. The third-order valence-corrected chi connectivity index (χ3v) is 5.75. The van der Waals surface area contributed by atoms with Crippen molar-refractivity contribution < 1.29 is 23.5 Å². The normalized spacial score (nSPS) is 17.4. The lowest BCUT2D eigenvalue weighted by atomic mass is 9.93. The van der Waals surface area contributed by atoms with E-state index in [0.29, 0.717) is 5.56 Å². The quantitative estimate of drug-likeness (QED) is 0.583. The smallest absolute Gasteiger partial charge is 0.359 e. The third kappa shape index (κ3) is 4.21. The molecule has 1 aliphatic rings. The fraction of sp³-hybridized carbons (Fsp3) is 0.250. The van der Waals surface area contributed by atoms with Crippen LogP contribution in [0.15, 0.2) is 60.9 Å². The molecule has 170 valence electrons. The molecule has 8 nitrogen and oxygen atoms in total. The summed E-state index contributed by atoms with van der Waals surface area (Å²) in [5, 5.41) is 2.90. The van der Waals surface area contributed by atoms with E-state index in [9.17, 15) is 18.8 Å². The van der Waals surface area contributed by atoms with Crippen LogP contribution >= 0.6 is 0 Å². The molecule has 0 radical (unpaired) electrons. The molecule has 4 rings (SSSR count). The Kier molecular flexibility index (Phi) is 5.95. The molecule has 2 amide bonds. The second-order valence-electron chi connectivity index (χ2n) is 8.02. The van der Waals surface area contributed by atoms with Crippen molar-refractivity contribution in [2.75, 3.05) is 7.11 Å². The molecule has 2 aromatic carbocycles. The van der Waals surface area contributed by atoms with Gasteiger partial charge < -0.3 is 19.5 Å². The van der Waals surface area contributed by atoms with Crippen molar-refractivity contribution in [1.29, 1.82) is 0 Å². The van der Waals surface area contributed by atoms with Gasteiger partial charge in [-0.1, -0.05) is 42.5 Å². The van der Waals surface area contributed by atoms with Crippen molar-refractivity contribution in [3.05, 3.63) is 89.3 Å². The monoisotopic (exact) mass is 450 g/mol.